The van der Waals surface area contributed by atoms with Crippen molar-refractivity contribution in [2.24, 2.45) is 17.8 Å². The fraction of sp³-hybridized carbons (Fsp3) is 0.650. The van der Waals surface area contributed by atoms with Gasteiger partial charge in [-0.15, -0.1) is 0 Å². The van der Waals surface area contributed by atoms with E-state index in [-0.39, 0.29) is 22.9 Å². The Hall–Kier alpha value is -2.74. The molecule has 6 atom stereocenters. The van der Waals surface area contributed by atoms with Crippen molar-refractivity contribution in [2.75, 3.05) is 77.6 Å². The number of nitrogens with one attached hydrogen (secondary N) is 1. The van der Waals surface area contributed by atoms with Gasteiger partial charge in [-0.2, -0.15) is 0 Å². The van der Waals surface area contributed by atoms with Gasteiger partial charge in [-0.1, -0.05) is 36.7 Å². The molecule has 53 heavy (non-hydrogen) atoms. The maximum atomic E-state index is 13.6. The number of benzene rings is 1. The number of nitrogens with zero attached hydrogens (tertiary/aromatic N) is 4. The van der Waals surface area contributed by atoms with Crippen molar-refractivity contribution >= 4 is 33.3 Å². The number of pyridine rings is 1. The average molecular weight is 768 g/mol. The van der Waals surface area contributed by atoms with E-state index in [9.17, 15) is 13.2 Å². The molecule has 2 saturated heterocycles. The van der Waals surface area contributed by atoms with Crippen LogP contribution in [0.15, 0.2) is 42.5 Å². The van der Waals surface area contributed by atoms with Crippen molar-refractivity contribution in [2.45, 2.75) is 74.7 Å². The highest BCUT2D eigenvalue weighted by atomic mass is 35.5. The number of amides is 1. The number of aromatic nitrogens is 1. The largest absolute Gasteiger partial charge is 0.489 e. The standard InChI is InChI=1S/C40H54ClN5O6S/c1-27-6-4-15-40(50-3,25-44-16-18-45(19-17-44)32-22-51-23-32)34-10-8-30(34)21-46-24-39(14-5-7-29-20-31(41)9-11-33(29)39)26-52-36-13-12-35(42-37(36)46)38(47)43-53(48,49)28(27)2/h4,9,11-13,15,20,27-28,30,32,34H,5-8,10,14,16-19,21-26H2,1-3H3,(H,43,47)/b15-4+/t27-,28+,30-,34+,39+,40+/m0/s1. The lowest BCUT2D eigenvalue weighted by atomic mass is 9.63. The Labute approximate surface area is 319 Å². The first-order chi connectivity index (χ1) is 25.5. The molecular weight excluding hydrogens is 714 g/mol. The Morgan fingerprint density at radius 3 is 2.62 bits per heavy atom. The van der Waals surface area contributed by atoms with Crippen molar-refractivity contribution in [3.8, 4) is 5.75 Å². The van der Waals surface area contributed by atoms with Gasteiger partial charge >= 0.3 is 0 Å². The van der Waals surface area contributed by atoms with Crippen LogP contribution < -0.4 is 14.4 Å². The molecule has 8 rings (SSSR count). The Kier molecular flexibility index (Phi) is 10.3. The summed E-state index contributed by atoms with van der Waals surface area (Å²) in [5, 5.41) is -0.0688. The van der Waals surface area contributed by atoms with E-state index in [0.717, 1.165) is 83.1 Å². The van der Waals surface area contributed by atoms with Gasteiger partial charge in [0.15, 0.2) is 11.6 Å². The van der Waals surface area contributed by atoms with Crippen molar-refractivity contribution in [3.05, 3.63) is 64.3 Å². The number of piperazine rings is 1. The summed E-state index contributed by atoms with van der Waals surface area (Å²) in [6.45, 7) is 11.8. The van der Waals surface area contributed by atoms with E-state index in [0.29, 0.717) is 49.6 Å². The second-order valence-corrected chi connectivity index (χ2v) is 19.0. The molecule has 4 aliphatic heterocycles. The Bertz CT molecular complexity index is 1830. The SMILES string of the molecule is CO[C@@]1(CN2CCN(C3COC3)CC2)/C=C/C[C@H](C)[C@@H](C)S(=O)(=O)NC(=O)c2ccc3c(n2)N(C[C@@H]2CC[C@H]21)C[C@]1(CCCc2cc(Cl)ccc21)CO3. The van der Waals surface area contributed by atoms with Crippen molar-refractivity contribution < 1.29 is 27.4 Å². The van der Waals surface area contributed by atoms with Crippen LogP contribution in [0.4, 0.5) is 5.82 Å². The number of sulfonamides is 1. The smallest absolute Gasteiger partial charge is 0.283 e. The number of hydrogen-bond acceptors (Lipinski definition) is 10. The molecule has 288 valence electrons. The highest BCUT2D eigenvalue weighted by Crippen LogP contribution is 2.49. The average Bonchev–Trinajstić information content (AvgIpc) is 3.25. The van der Waals surface area contributed by atoms with Crippen LogP contribution in [0.5, 0.6) is 5.75 Å². The number of carbonyl (C=O) groups excluding carboxylic acids is 1. The van der Waals surface area contributed by atoms with Gasteiger partial charge in [0.05, 0.1) is 31.1 Å². The second-order valence-electron chi connectivity index (χ2n) is 16.5. The molecule has 5 heterocycles. The van der Waals surface area contributed by atoms with E-state index in [1.165, 1.54) is 11.1 Å². The van der Waals surface area contributed by atoms with Crippen molar-refractivity contribution in [1.29, 1.82) is 0 Å². The number of hydrogen-bond donors (Lipinski definition) is 1. The Morgan fingerprint density at radius 2 is 1.91 bits per heavy atom. The third-order valence-electron chi connectivity index (χ3n) is 13.4. The van der Waals surface area contributed by atoms with Gasteiger partial charge in [0, 0.05) is 63.4 Å². The zero-order chi connectivity index (χ0) is 37.0. The van der Waals surface area contributed by atoms with Crippen LogP contribution in [0.2, 0.25) is 5.02 Å². The molecule has 0 radical (unpaired) electrons. The summed E-state index contributed by atoms with van der Waals surface area (Å²) in [6, 6.07) is 10.1. The third-order valence-corrected chi connectivity index (χ3v) is 15.6. The summed E-state index contributed by atoms with van der Waals surface area (Å²) in [5.74, 6) is 0.761. The van der Waals surface area contributed by atoms with Gasteiger partial charge < -0.3 is 19.1 Å². The van der Waals surface area contributed by atoms with E-state index >= 15 is 0 Å². The number of fused-ring (bicyclic) bond motifs is 4. The van der Waals surface area contributed by atoms with Crippen LogP contribution >= 0.6 is 11.6 Å². The number of rotatable bonds is 4. The minimum atomic E-state index is -3.99. The minimum Gasteiger partial charge on any atom is -0.489 e. The predicted molar refractivity (Wildman–Crippen MR) is 205 cm³/mol. The van der Waals surface area contributed by atoms with Gasteiger partial charge in [-0.05, 0) is 98.6 Å². The molecular formula is C40H54ClN5O6S. The molecule has 1 spiro atoms. The van der Waals surface area contributed by atoms with Gasteiger partial charge in [-0.25, -0.2) is 18.1 Å². The van der Waals surface area contributed by atoms with Crippen LogP contribution in [0, 0.1) is 17.8 Å². The zero-order valence-corrected chi connectivity index (χ0v) is 32.8. The highest BCUT2D eigenvalue weighted by molar-refractivity contribution is 7.90. The number of allylic oxidation sites excluding steroid dienone is 1. The van der Waals surface area contributed by atoms with Gasteiger partial charge in [0.25, 0.3) is 5.91 Å². The minimum absolute atomic E-state index is 0.0588. The summed E-state index contributed by atoms with van der Waals surface area (Å²) < 4.78 is 48.3. The first-order valence-electron chi connectivity index (χ1n) is 19.5. The lowest BCUT2D eigenvalue weighted by Gasteiger charge is -2.52. The molecule has 2 aliphatic carbocycles. The molecule has 13 heteroatoms. The Morgan fingerprint density at radius 1 is 1.09 bits per heavy atom. The lowest BCUT2D eigenvalue weighted by Crippen LogP contribution is -2.61. The quantitative estimate of drug-likeness (QED) is 0.441. The molecule has 1 N–H and O–H groups in total. The maximum Gasteiger partial charge on any atom is 0.283 e. The van der Waals surface area contributed by atoms with Crippen molar-refractivity contribution in [3.63, 3.8) is 0 Å². The van der Waals surface area contributed by atoms with E-state index in [1.54, 1.807) is 19.1 Å². The summed E-state index contributed by atoms with van der Waals surface area (Å²) >= 11 is 6.50. The summed E-state index contributed by atoms with van der Waals surface area (Å²) in [6.07, 6.45) is 9.93. The summed E-state index contributed by atoms with van der Waals surface area (Å²) in [5.41, 5.74) is 1.71. The first kappa shape index (κ1) is 37.2. The van der Waals surface area contributed by atoms with Crippen LogP contribution in [0.25, 0.3) is 0 Å². The molecule has 1 amide bonds. The van der Waals surface area contributed by atoms with E-state index in [2.05, 4.69) is 43.7 Å². The topological polar surface area (TPSA) is 114 Å². The summed E-state index contributed by atoms with van der Waals surface area (Å²) in [4.78, 5) is 25.9. The molecule has 1 aromatic carbocycles. The molecule has 6 aliphatic rings. The van der Waals surface area contributed by atoms with Crippen LogP contribution in [0.3, 0.4) is 0 Å². The molecule has 3 fully saturated rings. The number of ether oxygens (including phenoxy) is 3. The van der Waals surface area contributed by atoms with Crippen LogP contribution in [-0.2, 0) is 31.3 Å². The van der Waals surface area contributed by atoms with Crippen LogP contribution in [-0.4, -0.2) is 119 Å². The van der Waals surface area contributed by atoms with Gasteiger partial charge in [0.1, 0.15) is 11.3 Å². The second kappa shape index (κ2) is 14.7. The third kappa shape index (κ3) is 7.13. The maximum absolute atomic E-state index is 13.6. The normalized spacial score (nSPS) is 34.4. The van der Waals surface area contributed by atoms with E-state index in [1.807, 2.05) is 20.1 Å². The molecule has 2 bridgehead atoms. The fourth-order valence-electron chi connectivity index (χ4n) is 9.72. The molecule has 0 unspecified atom stereocenters. The lowest BCUT2D eigenvalue weighted by molar-refractivity contribution is -0.107. The molecule has 11 nitrogen and oxygen atoms in total. The predicted octanol–water partition coefficient (Wildman–Crippen LogP) is 4.68. The number of halogens is 1. The molecule has 2 aromatic rings. The molecule has 1 saturated carbocycles. The number of aryl methyl sites for hydroxylation is 1. The monoisotopic (exact) mass is 767 g/mol. The van der Waals surface area contributed by atoms with Gasteiger partial charge in [0.2, 0.25) is 10.0 Å². The number of anilines is 1. The Balaban J connectivity index is 1.17. The summed E-state index contributed by atoms with van der Waals surface area (Å²) in [7, 11) is -2.15. The van der Waals surface area contributed by atoms with Crippen molar-refractivity contribution in [1.82, 2.24) is 19.5 Å². The van der Waals surface area contributed by atoms with E-state index < -0.39 is 26.8 Å². The van der Waals surface area contributed by atoms with Crippen LogP contribution in [0.1, 0.15) is 67.6 Å². The zero-order valence-electron chi connectivity index (χ0n) is 31.3. The first-order valence-corrected chi connectivity index (χ1v) is 21.4. The number of methoxy groups -OCH3 is 1. The number of carbonyl (C=O) groups is 1. The molecule has 1 aromatic heterocycles. The van der Waals surface area contributed by atoms with E-state index in [4.69, 9.17) is 30.8 Å². The highest BCUT2D eigenvalue weighted by Gasteiger charge is 2.50. The fourth-order valence-corrected chi connectivity index (χ4v) is 11.2. The van der Waals surface area contributed by atoms with Gasteiger partial charge in [-0.3, -0.25) is 14.6 Å².